The molecule has 0 spiro atoms. The van der Waals surface area contributed by atoms with Gasteiger partial charge in [0.25, 0.3) is 0 Å². The fourth-order valence-corrected chi connectivity index (χ4v) is 1.44. The van der Waals surface area contributed by atoms with Crippen LogP contribution >= 0.6 is 0 Å². The lowest BCUT2D eigenvalue weighted by Crippen LogP contribution is -2.11. The summed E-state index contributed by atoms with van der Waals surface area (Å²) in [6.07, 6.45) is 5.07. The fraction of sp³-hybridized carbons (Fsp3) is 0.0833. The molecule has 0 saturated heterocycles. The predicted molar refractivity (Wildman–Crippen MR) is 61.3 cm³/mol. The second-order valence-electron chi connectivity index (χ2n) is 3.25. The lowest BCUT2D eigenvalue weighted by atomic mass is 10.2. The second kappa shape index (κ2) is 4.41. The molecule has 0 aliphatic carbocycles. The summed E-state index contributed by atoms with van der Waals surface area (Å²) in [5.74, 6) is 0. The van der Waals surface area contributed by atoms with E-state index < -0.39 is 0 Å². The maximum absolute atomic E-state index is 8.96. The quantitative estimate of drug-likeness (QED) is 0.761. The minimum atomic E-state index is 0.411. The first-order valence-corrected chi connectivity index (χ1v) is 4.82. The minimum Gasteiger partial charge on any atom is -0.341 e. The van der Waals surface area contributed by atoms with E-state index in [2.05, 4.69) is 16.0 Å². The number of rotatable bonds is 2. The summed E-state index contributed by atoms with van der Waals surface area (Å²) >= 11 is 0. The van der Waals surface area contributed by atoms with Crippen LogP contribution in [0.5, 0.6) is 0 Å². The van der Waals surface area contributed by atoms with Gasteiger partial charge in [-0.25, -0.2) is 4.98 Å². The lowest BCUT2D eigenvalue weighted by Gasteiger charge is -2.19. The van der Waals surface area contributed by atoms with Gasteiger partial charge in [-0.1, -0.05) is 0 Å². The summed E-state index contributed by atoms with van der Waals surface area (Å²) in [5.41, 5.74) is 2.11. The van der Waals surface area contributed by atoms with Gasteiger partial charge in [0.2, 0.25) is 0 Å². The van der Waals surface area contributed by atoms with E-state index in [4.69, 9.17) is 5.26 Å². The summed E-state index contributed by atoms with van der Waals surface area (Å²) in [5, 5.41) is 8.96. The highest BCUT2D eigenvalue weighted by atomic mass is 15.1. The smallest absolute Gasteiger partial charge is 0.164 e. The van der Waals surface area contributed by atoms with E-state index >= 15 is 0 Å². The Hall–Kier alpha value is -2.41. The van der Waals surface area contributed by atoms with Gasteiger partial charge in [-0.2, -0.15) is 5.26 Å². The van der Waals surface area contributed by atoms with Crippen LogP contribution in [0, 0.1) is 11.3 Å². The van der Waals surface area contributed by atoms with Gasteiger partial charge < -0.3 is 4.90 Å². The van der Waals surface area contributed by atoms with E-state index in [0.717, 1.165) is 11.4 Å². The predicted octanol–water partition coefficient (Wildman–Crippen LogP) is 2.12. The largest absolute Gasteiger partial charge is 0.341 e. The molecule has 0 fully saturated rings. The molecule has 78 valence electrons. The van der Waals surface area contributed by atoms with Crippen molar-refractivity contribution in [2.24, 2.45) is 0 Å². The zero-order valence-electron chi connectivity index (χ0n) is 8.83. The van der Waals surface area contributed by atoms with Crippen LogP contribution in [0.3, 0.4) is 0 Å². The molecule has 2 heterocycles. The van der Waals surface area contributed by atoms with Crippen molar-refractivity contribution in [2.45, 2.75) is 0 Å². The molecule has 16 heavy (non-hydrogen) atoms. The van der Waals surface area contributed by atoms with Crippen molar-refractivity contribution in [1.29, 1.82) is 5.26 Å². The van der Waals surface area contributed by atoms with Crippen LogP contribution in [0.2, 0.25) is 0 Å². The number of hydrogen-bond acceptors (Lipinski definition) is 4. The van der Waals surface area contributed by atoms with Gasteiger partial charge in [-0.05, 0) is 24.3 Å². The van der Waals surface area contributed by atoms with Crippen LogP contribution in [-0.4, -0.2) is 17.0 Å². The monoisotopic (exact) mass is 210 g/mol. The average Bonchev–Trinajstić information content (AvgIpc) is 2.39. The number of hydrogen-bond donors (Lipinski definition) is 0. The molecule has 0 aromatic carbocycles. The van der Waals surface area contributed by atoms with Crippen molar-refractivity contribution < 1.29 is 0 Å². The van der Waals surface area contributed by atoms with Crippen LogP contribution in [0.25, 0.3) is 0 Å². The third-order valence-electron chi connectivity index (χ3n) is 2.29. The van der Waals surface area contributed by atoms with Gasteiger partial charge in [-0.15, -0.1) is 0 Å². The zero-order chi connectivity index (χ0) is 11.4. The summed E-state index contributed by atoms with van der Waals surface area (Å²) in [6.45, 7) is 0. The van der Waals surface area contributed by atoms with Crippen molar-refractivity contribution >= 4 is 11.4 Å². The number of anilines is 2. The van der Waals surface area contributed by atoms with Crippen molar-refractivity contribution in [3.8, 4) is 6.07 Å². The summed E-state index contributed by atoms with van der Waals surface area (Å²) in [4.78, 5) is 9.95. The molecule has 0 bridgehead atoms. The van der Waals surface area contributed by atoms with Crippen molar-refractivity contribution in [3.63, 3.8) is 0 Å². The highest BCUT2D eigenvalue weighted by Gasteiger charge is 2.09. The fourth-order valence-electron chi connectivity index (χ4n) is 1.44. The molecule has 0 amide bonds. The number of nitrogens with zero attached hydrogens (tertiary/aromatic N) is 4. The Balaban J connectivity index is 2.42. The first-order valence-electron chi connectivity index (χ1n) is 4.82. The third kappa shape index (κ3) is 1.84. The Morgan fingerprint density at radius 1 is 1.25 bits per heavy atom. The molecule has 0 radical (unpaired) electrons. The molecule has 0 unspecified atom stereocenters. The molecule has 2 aromatic rings. The first-order chi connectivity index (χ1) is 7.83. The van der Waals surface area contributed by atoms with Crippen molar-refractivity contribution in [2.75, 3.05) is 11.9 Å². The Kier molecular flexibility index (Phi) is 2.79. The highest BCUT2D eigenvalue weighted by molar-refractivity contribution is 5.65. The maximum atomic E-state index is 8.96. The van der Waals surface area contributed by atoms with Gasteiger partial charge in [0.15, 0.2) is 5.69 Å². The molecule has 4 heteroatoms. The average molecular weight is 210 g/mol. The molecule has 0 atom stereocenters. The van der Waals surface area contributed by atoms with E-state index in [1.165, 1.54) is 0 Å². The van der Waals surface area contributed by atoms with Crippen molar-refractivity contribution in [3.05, 3.63) is 48.5 Å². The summed E-state index contributed by atoms with van der Waals surface area (Å²) in [6, 6.07) is 9.53. The Morgan fingerprint density at radius 2 is 2.06 bits per heavy atom. The Morgan fingerprint density at radius 3 is 2.75 bits per heavy atom. The van der Waals surface area contributed by atoms with E-state index in [0.29, 0.717) is 5.69 Å². The number of pyridine rings is 2. The summed E-state index contributed by atoms with van der Waals surface area (Å²) < 4.78 is 0. The second-order valence-corrected chi connectivity index (χ2v) is 3.25. The molecule has 0 aliphatic heterocycles. The molecule has 4 nitrogen and oxygen atoms in total. The molecule has 2 rings (SSSR count). The van der Waals surface area contributed by atoms with Gasteiger partial charge in [-0.3, -0.25) is 4.98 Å². The lowest BCUT2D eigenvalue weighted by molar-refractivity contribution is 1.13. The molecular formula is C12H10N4. The van der Waals surface area contributed by atoms with Crippen LogP contribution in [0.4, 0.5) is 11.4 Å². The maximum Gasteiger partial charge on any atom is 0.164 e. The van der Waals surface area contributed by atoms with Crippen LogP contribution < -0.4 is 4.90 Å². The van der Waals surface area contributed by atoms with E-state index in [-0.39, 0.29) is 0 Å². The Bertz CT molecular complexity index is 516. The topological polar surface area (TPSA) is 52.8 Å². The van der Waals surface area contributed by atoms with Gasteiger partial charge >= 0.3 is 0 Å². The molecule has 0 N–H and O–H groups in total. The third-order valence-corrected chi connectivity index (χ3v) is 2.29. The zero-order valence-corrected chi connectivity index (χ0v) is 8.83. The van der Waals surface area contributed by atoms with Gasteiger partial charge in [0.05, 0.1) is 17.6 Å². The standard InChI is InChI=1S/C12H10N4/c1-16(10-4-2-6-14-9-10)12-5-3-7-15-11(12)8-13/h2-7,9H,1H3. The van der Waals surface area contributed by atoms with Crippen LogP contribution in [-0.2, 0) is 0 Å². The van der Waals surface area contributed by atoms with Gasteiger partial charge in [0, 0.05) is 19.4 Å². The van der Waals surface area contributed by atoms with E-state index in [9.17, 15) is 0 Å². The molecular weight excluding hydrogens is 200 g/mol. The SMILES string of the molecule is CN(c1cccnc1)c1cccnc1C#N. The van der Waals surface area contributed by atoms with E-state index in [1.54, 1.807) is 18.6 Å². The van der Waals surface area contributed by atoms with E-state index in [1.807, 2.05) is 36.2 Å². The molecule has 2 aromatic heterocycles. The van der Waals surface area contributed by atoms with Crippen LogP contribution in [0.1, 0.15) is 5.69 Å². The number of aromatic nitrogens is 2. The van der Waals surface area contributed by atoms with Crippen LogP contribution in [0.15, 0.2) is 42.9 Å². The highest BCUT2D eigenvalue weighted by Crippen LogP contribution is 2.23. The minimum absolute atomic E-state index is 0.411. The number of nitriles is 1. The van der Waals surface area contributed by atoms with Crippen molar-refractivity contribution in [1.82, 2.24) is 9.97 Å². The molecule has 0 saturated carbocycles. The normalized spacial score (nSPS) is 9.50. The first kappa shape index (κ1) is 10.1. The summed E-state index contributed by atoms with van der Waals surface area (Å²) in [7, 11) is 1.88. The molecule has 0 aliphatic rings. The van der Waals surface area contributed by atoms with Gasteiger partial charge in [0.1, 0.15) is 6.07 Å². The Labute approximate surface area is 93.8 Å².